The summed E-state index contributed by atoms with van der Waals surface area (Å²) >= 11 is 0. The molecule has 1 N–H and O–H groups in total. The van der Waals surface area contributed by atoms with Gasteiger partial charge in [0.2, 0.25) is 0 Å². The summed E-state index contributed by atoms with van der Waals surface area (Å²) in [6.07, 6.45) is 1.51. The summed E-state index contributed by atoms with van der Waals surface area (Å²) in [5, 5.41) is 8.59. The van der Waals surface area contributed by atoms with Crippen molar-refractivity contribution in [2.75, 3.05) is 11.9 Å². The van der Waals surface area contributed by atoms with Gasteiger partial charge in [-0.05, 0) is 35.0 Å². The monoisotopic (exact) mass is 428 g/mol. The normalized spacial score (nSPS) is 10.9. The first-order valence-electron chi connectivity index (χ1n) is 10.1. The molecule has 1 amide bonds. The molecule has 0 saturated heterocycles. The highest BCUT2D eigenvalue weighted by Gasteiger charge is 2.10. The SMILES string of the molecule is O=C(CO/N=C/c1c(OCc2ccccc2F)ccc2ccccc12)Nc1ccccc1. The molecule has 0 unspecified atom stereocenters. The second-order valence-electron chi connectivity index (χ2n) is 7.00. The minimum atomic E-state index is -0.323. The molecular formula is C26H21FN2O3. The number of oxime groups is 1. The van der Waals surface area contributed by atoms with Gasteiger partial charge < -0.3 is 14.9 Å². The number of rotatable bonds is 8. The number of nitrogens with zero attached hydrogens (tertiary/aromatic N) is 1. The summed E-state index contributed by atoms with van der Waals surface area (Å²) in [5.41, 5.74) is 1.82. The van der Waals surface area contributed by atoms with Gasteiger partial charge in [0.15, 0.2) is 6.61 Å². The number of hydrogen-bond donors (Lipinski definition) is 1. The zero-order valence-corrected chi connectivity index (χ0v) is 17.2. The number of para-hydroxylation sites is 1. The van der Waals surface area contributed by atoms with E-state index in [4.69, 9.17) is 9.57 Å². The lowest BCUT2D eigenvalue weighted by atomic mass is 10.0. The first-order chi connectivity index (χ1) is 15.7. The largest absolute Gasteiger partial charge is 0.488 e. The lowest BCUT2D eigenvalue weighted by Crippen LogP contribution is -2.16. The van der Waals surface area contributed by atoms with Gasteiger partial charge in [-0.15, -0.1) is 0 Å². The number of carbonyl (C=O) groups excluding carboxylic acids is 1. The van der Waals surface area contributed by atoms with Crippen molar-refractivity contribution >= 4 is 28.6 Å². The standard InChI is InChI=1S/C26H21FN2O3/c27-24-13-7-5-9-20(24)17-31-25-15-14-19-8-4-6-12-22(19)23(25)16-28-32-18-26(30)29-21-10-2-1-3-11-21/h1-16H,17-18H2,(H,29,30)/b28-16+. The van der Waals surface area contributed by atoms with Crippen LogP contribution in [0.5, 0.6) is 5.75 Å². The third-order valence-electron chi connectivity index (χ3n) is 4.78. The van der Waals surface area contributed by atoms with Crippen LogP contribution in [0.25, 0.3) is 10.8 Å². The van der Waals surface area contributed by atoms with Crippen molar-refractivity contribution in [3.8, 4) is 5.75 Å². The molecule has 4 aromatic carbocycles. The van der Waals surface area contributed by atoms with Crippen LogP contribution in [0.4, 0.5) is 10.1 Å². The number of benzene rings is 4. The van der Waals surface area contributed by atoms with E-state index in [0.717, 1.165) is 10.8 Å². The van der Waals surface area contributed by atoms with Crippen LogP contribution in [0.2, 0.25) is 0 Å². The molecule has 0 heterocycles. The minimum absolute atomic E-state index is 0.0756. The highest BCUT2D eigenvalue weighted by atomic mass is 19.1. The van der Waals surface area contributed by atoms with Crippen LogP contribution in [0.3, 0.4) is 0 Å². The molecule has 0 aromatic heterocycles. The van der Waals surface area contributed by atoms with Gasteiger partial charge in [0.05, 0.1) is 6.21 Å². The molecule has 0 fully saturated rings. The Bertz CT molecular complexity index is 1240. The number of fused-ring (bicyclic) bond motifs is 1. The molecular weight excluding hydrogens is 407 g/mol. The van der Waals surface area contributed by atoms with Crippen molar-refractivity contribution in [1.82, 2.24) is 0 Å². The van der Waals surface area contributed by atoms with Gasteiger partial charge in [0.25, 0.3) is 5.91 Å². The number of amides is 1. The van der Waals surface area contributed by atoms with Crippen LogP contribution < -0.4 is 10.1 Å². The fourth-order valence-electron chi connectivity index (χ4n) is 3.21. The second kappa shape index (κ2) is 10.2. The Morgan fingerprint density at radius 1 is 0.906 bits per heavy atom. The maximum absolute atomic E-state index is 14.0. The van der Waals surface area contributed by atoms with E-state index in [-0.39, 0.29) is 24.9 Å². The second-order valence-corrected chi connectivity index (χ2v) is 7.00. The predicted molar refractivity (Wildman–Crippen MR) is 123 cm³/mol. The third-order valence-corrected chi connectivity index (χ3v) is 4.78. The zero-order chi connectivity index (χ0) is 22.2. The van der Waals surface area contributed by atoms with Crippen LogP contribution in [0.1, 0.15) is 11.1 Å². The molecule has 5 nitrogen and oxygen atoms in total. The quantitative estimate of drug-likeness (QED) is 0.296. The number of carbonyl (C=O) groups is 1. The topological polar surface area (TPSA) is 59.9 Å². The van der Waals surface area contributed by atoms with E-state index in [0.29, 0.717) is 22.6 Å². The first kappa shape index (κ1) is 21.1. The van der Waals surface area contributed by atoms with Crippen LogP contribution in [-0.4, -0.2) is 18.7 Å². The van der Waals surface area contributed by atoms with Crippen molar-refractivity contribution in [2.45, 2.75) is 6.61 Å². The van der Waals surface area contributed by atoms with Gasteiger partial charge in [-0.3, -0.25) is 4.79 Å². The fourth-order valence-corrected chi connectivity index (χ4v) is 3.21. The van der Waals surface area contributed by atoms with Crippen LogP contribution >= 0.6 is 0 Å². The molecule has 0 bridgehead atoms. The van der Waals surface area contributed by atoms with Gasteiger partial charge >= 0.3 is 0 Å². The summed E-state index contributed by atoms with van der Waals surface area (Å²) in [6, 6.07) is 27.1. The van der Waals surface area contributed by atoms with Crippen molar-refractivity contribution in [3.05, 3.63) is 108 Å². The maximum Gasteiger partial charge on any atom is 0.265 e. The van der Waals surface area contributed by atoms with Crippen molar-refractivity contribution < 1.29 is 18.8 Å². The van der Waals surface area contributed by atoms with E-state index in [1.54, 1.807) is 30.3 Å². The lowest BCUT2D eigenvalue weighted by molar-refractivity contribution is -0.120. The first-order valence-corrected chi connectivity index (χ1v) is 10.1. The molecule has 0 aliphatic heterocycles. The Morgan fingerprint density at radius 2 is 1.66 bits per heavy atom. The average molecular weight is 428 g/mol. The average Bonchev–Trinajstić information content (AvgIpc) is 2.82. The molecule has 0 saturated carbocycles. The molecule has 4 aromatic rings. The summed E-state index contributed by atoms with van der Waals surface area (Å²) < 4.78 is 19.9. The highest BCUT2D eigenvalue weighted by Crippen LogP contribution is 2.27. The maximum atomic E-state index is 14.0. The van der Waals surface area contributed by atoms with E-state index in [1.165, 1.54) is 12.3 Å². The third kappa shape index (κ3) is 5.29. The molecule has 0 spiro atoms. The fraction of sp³-hybridized carbons (Fsp3) is 0.0769. The zero-order valence-electron chi connectivity index (χ0n) is 17.2. The molecule has 0 radical (unpaired) electrons. The Balaban J connectivity index is 1.48. The van der Waals surface area contributed by atoms with Crippen molar-refractivity contribution in [1.29, 1.82) is 0 Å². The molecule has 32 heavy (non-hydrogen) atoms. The number of nitrogens with one attached hydrogen (secondary N) is 1. The molecule has 6 heteroatoms. The summed E-state index contributed by atoms with van der Waals surface area (Å²) in [7, 11) is 0. The Hall–Kier alpha value is -4.19. The number of anilines is 1. The Morgan fingerprint density at radius 3 is 2.50 bits per heavy atom. The molecule has 0 aliphatic rings. The van der Waals surface area contributed by atoms with Gasteiger partial charge in [0, 0.05) is 16.8 Å². The van der Waals surface area contributed by atoms with Gasteiger partial charge in [-0.1, -0.05) is 71.9 Å². The van der Waals surface area contributed by atoms with Crippen LogP contribution in [0.15, 0.2) is 96.2 Å². The summed E-state index contributed by atoms with van der Waals surface area (Å²) in [5.74, 6) is -0.105. The van der Waals surface area contributed by atoms with E-state index in [2.05, 4.69) is 10.5 Å². The van der Waals surface area contributed by atoms with Crippen molar-refractivity contribution in [3.63, 3.8) is 0 Å². The van der Waals surface area contributed by atoms with Crippen molar-refractivity contribution in [2.24, 2.45) is 5.16 Å². The highest BCUT2D eigenvalue weighted by molar-refractivity contribution is 6.02. The summed E-state index contributed by atoms with van der Waals surface area (Å²) in [6.45, 7) is -0.159. The smallest absolute Gasteiger partial charge is 0.265 e. The van der Waals surface area contributed by atoms with Crippen LogP contribution in [0, 0.1) is 5.82 Å². The van der Waals surface area contributed by atoms with E-state index in [9.17, 15) is 9.18 Å². The van der Waals surface area contributed by atoms with E-state index >= 15 is 0 Å². The Labute approximate surface area is 185 Å². The molecule has 4 rings (SSSR count). The molecule has 0 atom stereocenters. The number of halogens is 1. The number of hydrogen-bond acceptors (Lipinski definition) is 4. The van der Waals surface area contributed by atoms with E-state index < -0.39 is 0 Å². The minimum Gasteiger partial charge on any atom is -0.488 e. The van der Waals surface area contributed by atoms with E-state index in [1.807, 2.05) is 54.6 Å². The van der Waals surface area contributed by atoms with Gasteiger partial charge in [-0.25, -0.2) is 4.39 Å². The Kier molecular flexibility index (Phi) is 6.72. The molecule has 160 valence electrons. The number of ether oxygens (including phenoxy) is 1. The van der Waals surface area contributed by atoms with Gasteiger partial charge in [-0.2, -0.15) is 0 Å². The van der Waals surface area contributed by atoms with Gasteiger partial charge in [0.1, 0.15) is 18.2 Å². The van der Waals surface area contributed by atoms with Crippen LogP contribution in [-0.2, 0) is 16.2 Å². The molecule has 0 aliphatic carbocycles. The predicted octanol–water partition coefficient (Wildman–Crippen LogP) is 5.55. The summed E-state index contributed by atoms with van der Waals surface area (Å²) in [4.78, 5) is 17.2. The lowest BCUT2D eigenvalue weighted by Gasteiger charge is -2.12.